The number of rotatable bonds is 11. The Morgan fingerprint density at radius 1 is 0.872 bits per heavy atom. The fourth-order valence-corrected chi connectivity index (χ4v) is 14.3. The molecule has 0 aromatic heterocycles. The maximum absolute atomic E-state index is 12.8. The fraction of sp³-hybridized carbons (Fsp3) is 0.930. The van der Waals surface area contributed by atoms with E-state index in [9.17, 15) is 4.79 Å². The molecule has 5 saturated carbocycles. The summed E-state index contributed by atoms with van der Waals surface area (Å²) in [5.41, 5.74) is 3.08. The minimum Gasteiger partial charge on any atom is -0.462 e. The Bertz CT molecular complexity index is 1140. The maximum Gasteiger partial charge on any atom is 0.306 e. The number of fused-ring (bicyclic) bond motifs is 7. The molecule has 1 aliphatic heterocycles. The van der Waals surface area contributed by atoms with E-state index in [0.717, 1.165) is 24.2 Å². The highest BCUT2D eigenvalue weighted by Crippen LogP contribution is 2.78. The topological polar surface area (TPSA) is 41.6 Å². The zero-order valence-electron chi connectivity index (χ0n) is 32.2. The third-order valence-corrected chi connectivity index (χ3v) is 16.9. The van der Waals surface area contributed by atoms with Gasteiger partial charge in [0.05, 0.1) is 0 Å². The smallest absolute Gasteiger partial charge is 0.306 e. The van der Waals surface area contributed by atoms with Gasteiger partial charge < -0.3 is 15.0 Å². The van der Waals surface area contributed by atoms with Gasteiger partial charge in [-0.25, -0.2) is 0 Å². The van der Waals surface area contributed by atoms with Crippen LogP contribution in [0.2, 0.25) is 0 Å². The number of allylic oxidation sites excluding steroid dienone is 1. The van der Waals surface area contributed by atoms with Crippen molar-refractivity contribution in [3.05, 3.63) is 12.2 Å². The molecule has 1 N–H and O–H groups in total. The Morgan fingerprint density at radius 2 is 1.62 bits per heavy atom. The van der Waals surface area contributed by atoms with Gasteiger partial charge in [-0.1, -0.05) is 60.6 Å². The summed E-state index contributed by atoms with van der Waals surface area (Å²) in [7, 11) is 0. The van der Waals surface area contributed by atoms with E-state index in [4.69, 9.17) is 4.74 Å². The van der Waals surface area contributed by atoms with Crippen LogP contribution in [-0.2, 0) is 9.53 Å². The molecule has 1 heterocycles. The molecule has 0 spiro atoms. The van der Waals surface area contributed by atoms with Gasteiger partial charge in [0.25, 0.3) is 0 Å². The molecule has 4 nitrogen and oxygen atoms in total. The molecule has 6 rings (SSSR count). The monoisotopic (exact) mass is 651 g/mol. The van der Waals surface area contributed by atoms with Crippen LogP contribution in [0.1, 0.15) is 152 Å². The second-order valence-corrected chi connectivity index (χ2v) is 19.9. The van der Waals surface area contributed by atoms with Gasteiger partial charge in [0.2, 0.25) is 0 Å². The van der Waals surface area contributed by atoms with E-state index in [1.807, 2.05) is 0 Å². The van der Waals surface area contributed by atoms with Crippen molar-refractivity contribution in [1.82, 2.24) is 10.2 Å². The summed E-state index contributed by atoms with van der Waals surface area (Å²) >= 11 is 0. The summed E-state index contributed by atoms with van der Waals surface area (Å²) in [5, 5.41) is 3.93. The first-order valence-corrected chi connectivity index (χ1v) is 20.5. The molecule has 47 heavy (non-hydrogen) atoms. The Hall–Kier alpha value is -0.870. The zero-order valence-corrected chi connectivity index (χ0v) is 32.2. The molecule has 1 saturated heterocycles. The number of hydrogen-bond acceptors (Lipinski definition) is 4. The number of nitrogens with zero attached hydrogens (tertiary/aromatic N) is 1. The van der Waals surface area contributed by atoms with Gasteiger partial charge in [0.15, 0.2) is 0 Å². The number of esters is 1. The number of likely N-dealkylation sites (tertiary alicyclic amines) is 1. The van der Waals surface area contributed by atoms with Crippen LogP contribution in [0.15, 0.2) is 12.2 Å². The van der Waals surface area contributed by atoms with Crippen molar-refractivity contribution >= 4 is 5.97 Å². The maximum atomic E-state index is 12.8. The number of hydrogen-bond donors (Lipinski definition) is 1. The largest absolute Gasteiger partial charge is 0.462 e. The van der Waals surface area contributed by atoms with Crippen LogP contribution in [0.25, 0.3) is 0 Å². The fourth-order valence-electron chi connectivity index (χ4n) is 14.3. The molecule has 0 aromatic carbocycles. The van der Waals surface area contributed by atoms with Gasteiger partial charge in [-0.2, -0.15) is 0 Å². The van der Waals surface area contributed by atoms with Crippen LogP contribution in [0.5, 0.6) is 0 Å². The van der Waals surface area contributed by atoms with E-state index in [-0.39, 0.29) is 17.5 Å². The van der Waals surface area contributed by atoms with Crippen molar-refractivity contribution in [2.24, 2.45) is 62.6 Å². The van der Waals surface area contributed by atoms with Crippen molar-refractivity contribution in [2.45, 2.75) is 158 Å². The molecule has 0 radical (unpaired) electrons. The lowest BCUT2D eigenvalue weighted by Gasteiger charge is -2.73. The Morgan fingerprint density at radius 3 is 2.32 bits per heavy atom. The summed E-state index contributed by atoms with van der Waals surface area (Å²) in [6.07, 6.45) is 19.4. The Kier molecular flexibility index (Phi) is 10.2. The number of nitrogens with one attached hydrogen (secondary N) is 1. The second kappa shape index (κ2) is 13.4. The van der Waals surface area contributed by atoms with Crippen molar-refractivity contribution in [3.8, 4) is 0 Å². The van der Waals surface area contributed by atoms with E-state index in [0.29, 0.717) is 45.8 Å². The highest BCUT2D eigenvalue weighted by Gasteiger charge is 2.71. The number of carbonyl (C=O) groups excluding carboxylic acids is 1. The molecule has 268 valence electrons. The van der Waals surface area contributed by atoms with Crippen molar-refractivity contribution in [2.75, 3.05) is 32.7 Å². The van der Waals surface area contributed by atoms with Crippen LogP contribution < -0.4 is 5.32 Å². The normalized spacial score (nSPS) is 44.4. The lowest BCUT2D eigenvalue weighted by atomic mass is 9.32. The first-order chi connectivity index (χ1) is 22.2. The third-order valence-electron chi connectivity index (χ3n) is 16.9. The Labute approximate surface area is 290 Å². The molecular weight excluding hydrogens is 576 g/mol. The molecule has 4 heteroatoms. The van der Waals surface area contributed by atoms with Crippen LogP contribution in [-0.4, -0.2) is 49.7 Å². The summed E-state index contributed by atoms with van der Waals surface area (Å²) in [4.78, 5) is 15.5. The zero-order chi connectivity index (χ0) is 33.8. The van der Waals surface area contributed by atoms with Crippen LogP contribution in [0.3, 0.4) is 0 Å². The van der Waals surface area contributed by atoms with Gasteiger partial charge in [0.1, 0.15) is 6.10 Å². The standard InChI is InChI=1S/C43H74N2O2/c1-30(2)29-37(46)47-36-17-18-40(7)34(39(36,5)6)16-19-42(9)35(40)14-13-33-38-32(31(3)4)15-20-43(38,22-21-41(33,42)8)23-25-44-24-12-28-45-26-10-11-27-45/h30,32-36,38,44H,3,10-29H2,1-2,4-9H3/t32-,33+,34-,35+,36-,38+,40-,41+,42+,43+/m0/s1. The van der Waals surface area contributed by atoms with Gasteiger partial charge in [0, 0.05) is 11.8 Å². The Balaban J connectivity index is 1.18. The van der Waals surface area contributed by atoms with E-state index in [2.05, 4.69) is 72.2 Å². The predicted octanol–water partition coefficient (Wildman–Crippen LogP) is 10.1. The quantitative estimate of drug-likeness (QED) is 0.137. The third kappa shape index (κ3) is 6.12. The van der Waals surface area contributed by atoms with Crippen molar-refractivity contribution in [1.29, 1.82) is 0 Å². The second-order valence-electron chi connectivity index (χ2n) is 19.9. The number of carbonyl (C=O) groups is 1. The van der Waals surface area contributed by atoms with Gasteiger partial charge in [-0.3, -0.25) is 4.79 Å². The summed E-state index contributed by atoms with van der Waals surface area (Å²) in [6, 6.07) is 0. The summed E-state index contributed by atoms with van der Waals surface area (Å²) in [5.74, 6) is 4.08. The number of ether oxygens (including phenoxy) is 1. The molecule has 0 aromatic rings. The van der Waals surface area contributed by atoms with Gasteiger partial charge >= 0.3 is 5.97 Å². The minimum absolute atomic E-state index is 0.0157. The highest BCUT2D eigenvalue weighted by molar-refractivity contribution is 5.69. The van der Waals surface area contributed by atoms with Crippen LogP contribution in [0, 0.1) is 62.6 Å². The molecule has 6 fully saturated rings. The van der Waals surface area contributed by atoms with Crippen molar-refractivity contribution < 1.29 is 9.53 Å². The highest BCUT2D eigenvalue weighted by atomic mass is 16.5. The lowest BCUT2D eigenvalue weighted by Crippen LogP contribution is -2.66. The predicted molar refractivity (Wildman–Crippen MR) is 196 cm³/mol. The minimum atomic E-state index is 0.0157. The average Bonchev–Trinajstić information content (AvgIpc) is 3.65. The molecular formula is C43H74N2O2. The summed E-state index contributed by atoms with van der Waals surface area (Å²) in [6.45, 7) is 30.7. The van der Waals surface area contributed by atoms with Gasteiger partial charge in [-0.05, 0) is 187 Å². The average molecular weight is 651 g/mol. The lowest BCUT2D eigenvalue weighted by molar-refractivity contribution is -0.250. The van der Waals surface area contributed by atoms with E-state index >= 15 is 0 Å². The SMILES string of the molecule is C=C(C)[C@@H]1CC[C@]2(CCNCCCN3CCCC3)CC[C@]3(C)[C@H](CC[C@@H]4[C@@]5(C)CC[C@H](OC(=O)CC(C)C)C(C)(C)[C@@H]5CC[C@]43C)[C@@H]12. The van der Waals surface area contributed by atoms with E-state index in [1.165, 1.54) is 122 Å². The first kappa shape index (κ1) is 35.9. The molecule has 0 unspecified atom stereocenters. The molecule has 10 atom stereocenters. The molecule has 0 amide bonds. The van der Waals surface area contributed by atoms with Crippen molar-refractivity contribution in [3.63, 3.8) is 0 Å². The van der Waals surface area contributed by atoms with E-state index < -0.39 is 0 Å². The van der Waals surface area contributed by atoms with E-state index in [1.54, 1.807) is 0 Å². The van der Waals surface area contributed by atoms with Gasteiger partial charge in [-0.15, -0.1) is 0 Å². The molecule has 6 aliphatic rings. The first-order valence-electron chi connectivity index (χ1n) is 20.5. The summed E-state index contributed by atoms with van der Waals surface area (Å²) < 4.78 is 6.29. The van der Waals surface area contributed by atoms with Crippen LogP contribution >= 0.6 is 0 Å². The molecule has 0 bridgehead atoms. The molecule has 5 aliphatic carbocycles. The van der Waals surface area contributed by atoms with Crippen LogP contribution in [0.4, 0.5) is 0 Å².